The quantitative estimate of drug-likeness (QED) is 0.494. The molecular formula is C16H23N3O2. The Morgan fingerprint density at radius 3 is 2.52 bits per heavy atom. The van der Waals surface area contributed by atoms with Crippen molar-refractivity contribution in [2.75, 3.05) is 32.7 Å². The molecule has 5 heteroatoms. The first-order valence-electron chi connectivity index (χ1n) is 7.47. The van der Waals surface area contributed by atoms with Gasteiger partial charge >= 0.3 is 5.97 Å². The van der Waals surface area contributed by atoms with Crippen LogP contribution in [-0.2, 0) is 9.53 Å². The molecule has 0 spiro atoms. The lowest BCUT2D eigenvalue weighted by atomic mass is 10.0. The summed E-state index contributed by atoms with van der Waals surface area (Å²) in [5.41, 5.74) is 0.924. The molecular weight excluding hydrogens is 266 g/mol. The van der Waals surface area contributed by atoms with E-state index in [2.05, 4.69) is 16.7 Å². The Labute approximate surface area is 126 Å². The van der Waals surface area contributed by atoms with E-state index in [1.165, 1.54) is 0 Å². The first kappa shape index (κ1) is 15.7. The van der Waals surface area contributed by atoms with E-state index in [1.54, 1.807) is 0 Å². The Morgan fingerprint density at radius 1 is 1.29 bits per heavy atom. The first-order chi connectivity index (χ1) is 10.3. The third kappa shape index (κ3) is 4.12. The molecule has 1 heterocycles. The minimum absolute atomic E-state index is 0.375. The third-order valence-corrected chi connectivity index (χ3v) is 3.83. The molecule has 0 radical (unpaired) electrons. The fraction of sp³-hybridized carbons (Fsp3) is 0.500. The van der Waals surface area contributed by atoms with Crippen molar-refractivity contribution in [2.24, 2.45) is 0 Å². The molecule has 21 heavy (non-hydrogen) atoms. The molecule has 1 aromatic rings. The van der Waals surface area contributed by atoms with Crippen LogP contribution in [0.1, 0.15) is 24.9 Å². The van der Waals surface area contributed by atoms with Crippen LogP contribution in [0.15, 0.2) is 30.3 Å². The summed E-state index contributed by atoms with van der Waals surface area (Å²) in [6.45, 7) is 6.90. The lowest BCUT2D eigenvalue weighted by molar-refractivity contribution is -0.142. The Hall–Kier alpha value is -1.72. The van der Waals surface area contributed by atoms with Crippen LogP contribution in [0.5, 0.6) is 0 Å². The van der Waals surface area contributed by atoms with E-state index < -0.39 is 6.04 Å². The molecule has 0 aliphatic carbocycles. The number of hydrogen-bond donors (Lipinski definition) is 1. The van der Waals surface area contributed by atoms with Crippen molar-refractivity contribution in [2.45, 2.75) is 19.4 Å². The predicted octanol–water partition coefficient (Wildman–Crippen LogP) is 1.91. The molecule has 1 aromatic carbocycles. The van der Waals surface area contributed by atoms with Gasteiger partial charge < -0.3 is 9.64 Å². The van der Waals surface area contributed by atoms with Gasteiger partial charge in [-0.3, -0.25) is 10.3 Å². The van der Waals surface area contributed by atoms with E-state index in [4.69, 9.17) is 10.1 Å². The molecule has 5 nitrogen and oxygen atoms in total. The number of rotatable bonds is 6. The zero-order valence-electron chi connectivity index (χ0n) is 12.5. The van der Waals surface area contributed by atoms with Crippen LogP contribution in [0, 0.1) is 5.41 Å². The van der Waals surface area contributed by atoms with Crippen LogP contribution in [-0.4, -0.2) is 54.9 Å². The molecule has 1 N–H and O–H groups in total. The molecule has 0 saturated carbocycles. The number of nitrogens with zero attached hydrogens (tertiary/aromatic N) is 2. The molecule has 1 atom stereocenters. The van der Waals surface area contributed by atoms with Crippen molar-refractivity contribution in [3.8, 4) is 0 Å². The Morgan fingerprint density at radius 2 is 1.95 bits per heavy atom. The second kappa shape index (κ2) is 7.90. The number of ether oxygens (including phenoxy) is 1. The summed E-state index contributed by atoms with van der Waals surface area (Å²) in [5.74, 6) is -0.375. The van der Waals surface area contributed by atoms with Crippen molar-refractivity contribution in [1.29, 1.82) is 5.41 Å². The molecule has 0 amide bonds. The minimum Gasteiger partial charge on any atom is -0.414 e. The molecule has 1 unspecified atom stereocenters. The van der Waals surface area contributed by atoms with Gasteiger partial charge in [-0.25, -0.2) is 4.79 Å². The maximum Gasteiger partial charge on any atom is 0.334 e. The summed E-state index contributed by atoms with van der Waals surface area (Å²) in [6, 6.07) is 9.24. The molecule has 0 aromatic heterocycles. The summed E-state index contributed by atoms with van der Waals surface area (Å²) >= 11 is 0. The Bertz CT molecular complexity index is 456. The first-order valence-corrected chi connectivity index (χ1v) is 7.47. The highest BCUT2D eigenvalue weighted by Crippen LogP contribution is 2.23. The van der Waals surface area contributed by atoms with Crippen molar-refractivity contribution in [3.05, 3.63) is 35.9 Å². The standard InChI is InChI=1S/C16H23N3O2/c1-2-8-18-9-11-19(12-10-18)15(16(20)21-13-17)14-6-4-3-5-7-14/h3-7,13,15,17H,2,8-12H2,1H3. The van der Waals surface area contributed by atoms with Gasteiger partial charge in [0.05, 0.1) is 0 Å². The average Bonchev–Trinajstić information content (AvgIpc) is 2.51. The van der Waals surface area contributed by atoms with E-state index in [1.807, 2.05) is 30.3 Å². The number of piperazine rings is 1. The maximum atomic E-state index is 12.2. The number of benzene rings is 1. The fourth-order valence-corrected chi connectivity index (χ4v) is 2.82. The molecule has 1 aliphatic rings. The van der Waals surface area contributed by atoms with Gasteiger partial charge in [0.15, 0.2) is 6.40 Å². The minimum atomic E-state index is -0.420. The summed E-state index contributed by atoms with van der Waals surface area (Å²) in [4.78, 5) is 16.8. The topological polar surface area (TPSA) is 56.6 Å². The zero-order valence-corrected chi connectivity index (χ0v) is 12.5. The molecule has 1 saturated heterocycles. The van der Waals surface area contributed by atoms with Gasteiger partial charge in [-0.1, -0.05) is 37.3 Å². The van der Waals surface area contributed by atoms with Gasteiger partial charge in [0.1, 0.15) is 6.04 Å². The summed E-state index contributed by atoms with van der Waals surface area (Å²) in [7, 11) is 0. The molecule has 0 bridgehead atoms. The molecule has 2 rings (SSSR count). The van der Waals surface area contributed by atoms with Gasteiger partial charge in [0.2, 0.25) is 0 Å². The highest BCUT2D eigenvalue weighted by Gasteiger charge is 2.31. The monoisotopic (exact) mass is 289 g/mol. The van der Waals surface area contributed by atoms with Crippen LogP contribution in [0.4, 0.5) is 0 Å². The van der Waals surface area contributed by atoms with Gasteiger partial charge in [0.25, 0.3) is 0 Å². The van der Waals surface area contributed by atoms with Gasteiger partial charge in [-0.05, 0) is 18.5 Å². The molecule has 114 valence electrons. The average molecular weight is 289 g/mol. The van der Waals surface area contributed by atoms with Crippen LogP contribution in [0.2, 0.25) is 0 Å². The zero-order chi connectivity index (χ0) is 15.1. The molecule has 1 fully saturated rings. The summed E-state index contributed by atoms with van der Waals surface area (Å²) < 4.78 is 4.83. The van der Waals surface area contributed by atoms with Crippen LogP contribution in [0.3, 0.4) is 0 Å². The summed E-state index contributed by atoms with van der Waals surface area (Å²) in [6.07, 6.45) is 1.86. The Kier molecular flexibility index (Phi) is 5.90. The van der Waals surface area contributed by atoms with E-state index in [9.17, 15) is 4.79 Å². The van der Waals surface area contributed by atoms with Gasteiger partial charge in [-0.15, -0.1) is 0 Å². The second-order valence-electron chi connectivity index (χ2n) is 5.25. The predicted molar refractivity (Wildman–Crippen MR) is 82.4 cm³/mol. The van der Waals surface area contributed by atoms with E-state index >= 15 is 0 Å². The normalized spacial score (nSPS) is 18.1. The van der Waals surface area contributed by atoms with E-state index in [-0.39, 0.29) is 5.97 Å². The summed E-state index contributed by atoms with van der Waals surface area (Å²) in [5, 5.41) is 6.99. The lowest BCUT2D eigenvalue weighted by Crippen LogP contribution is -2.49. The largest absolute Gasteiger partial charge is 0.414 e. The number of nitrogens with one attached hydrogen (secondary N) is 1. The SMILES string of the molecule is CCCN1CCN(C(C(=O)OC=N)c2ccccc2)CC1. The maximum absolute atomic E-state index is 12.2. The second-order valence-corrected chi connectivity index (χ2v) is 5.25. The number of esters is 1. The van der Waals surface area contributed by atoms with Crippen molar-refractivity contribution in [1.82, 2.24) is 9.80 Å². The van der Waals surface area contributed by atoms with Crippen LogP contribution in [0.25, 0.3) is 0 Å². The van der Waals surface area contributed by atoms with Gasteiger partial charge in [-0.2, -0.15) is 0 Å². The molecule has 1 aliphatic heterocycles. The number of carbonyl (C=O) groups excluding carboxylic acids is 1. The van der Waals surface area contributed by atoms with Crippen LogP contribution >= 0.6 is 0 Å². The highest BCUT2D eigenvalue weighted by molar-refractivity contribution is 5.83. The smallest absolute Gasteiger partial charge is 0.334 e. The number of hydrogen-bond acceptors (Lipinski definition) is 5. The Balaban J connectivity index is 2.10. The van der Waals surface area contributed by atoms with E-state index in [0.29, 0.717) is 6.40 Å². The van der Waals surface area contributed by atoms with Crippen molar-refractivity contribution >= 4 is 12.4 Å². The van der Waals surface area contributed by atoms with Crippen molar-refractivity contribution < 1.29 is 9.53 Å². The highest BCUT2D eigenvalue weighted by atomic mass is 16.5. The fourth-order valence-electron chi connectivity index (χ4n) is 2.82. The van der Waals surface area contributed by atoms with Gasteiger partial charge in [0, 0.05) is 26.2 Å². The van der Waals surface area contributed by atoms with E-state index in [0.717, 1.165) is 44.7 Å². The number of carbonyl (C=O) groups is 1. The van der Waals surface area contributed by atoms with Crippen LogP contribution < -0.4 is 0 Å². The third-order valence-electron chi connectivity index (χ3n) is 3.83. The van der Waals surface area contributed by atoms with Crippen molar-refractivity contribution in [3.63, 3.8) is 0 Å². The lowest BCUT2D eigenvalue weighted by Gasteiger charge is -2.38.